The molecule has 4 rings (SSSR count). The molecular formula is C25H17Cl2N3O8. The number of carbonyl (C=O) groups excluding carboxylic acids is 1. The van der Waals surface area contributed by atoms with Gasteiger partial charge in [0.2, 0.25) is 5.90 Å². The van der Waals surface area contributed by atoms with Crippen molar-refractivity contribution in [1.82, 2.24) is 0 Å². The van der Waals surface area contributed by atoms with Crippen molar-refractivity contribution >= 4 is 52.5 Å². The van der Waals surface area contributed by atoms with Gasteiger partial charge in [0.05, 0.1) is 32.1 Å². The van der Waals surface area contributed by atoms with Gasteiger partial charge in [0.25, 0.3) is 11.4 Å². The third-order valence-electron chi connectivity index (χ3n) is 5.18. The highest BCUT2D eigenvalue weighted by Gasteiger charge is 2.27. The molecule has 3 aromatic rings. The molecule has 0 saturated heterocycles. The number of non-ortho nitro benzene ring substituents is 2. The van der Waals surface area contributed by atoms with Crippen molar-refractivity contribution in [2.75, 3.05) is 6.61 Å². The molecule has 194 valence electrons. The molecule has 13 heteroatoms. The molecule has 0 radical (unpaired) electrons. The number of hydrogen-bond acceptors (Lipinski definition) is 9. The first-order valence-corrected chi connectivity index (χ1v) is 11.7. The number of carbonyl (C=O) groups is 1. The van der Waals surface area contributed by atoms with Crippen LogP contribution in [0.1, 0.15) is 23.6 Å². The Labute approximate surface area is 225 Å². The molecular weight excluding hydrogens is 541 g/mol. The molecule has 11 nitrogen and oxygen atoms in total. The third-order valence-corrected chi connectivity index (χ3v) is 5.79. The summed E-state index contributed by atoms with van der Waals surface area (Å²) in [7, 11) is 0. The first-order valence-electron chi connectivity index (χ1n) is 11.0. The lowest BCUT2D eigenvalue weighted by Crippen LogP contribution is -2.06. The van der Waals surface area contributed by atoms with Crippen molar-refractivity contribution in [1.29, 1.82) is 0 Å². The zero-order valence-electron chi connectivity index (χ0n) is 19.6. The summed E-state index contributed by atoms with van der Waals surface area (Å²) >= 11 is 12.6. The van der Waals surface area contributed by atoms with E-state index in [4.69, 9.17) is 37.4 Å². The molecule has 0 N–H and O–H groups in total. The van der Waals surface area contributed by atoms with Gasteiger partial charge in [0.15, 0.2) is 17.2 Å². The molecule has 0 atom stereocenters. The maximum Gasteiger partial charge on any atom is 0.363 e. The van der Waals surface area contributed by atoms with E-state index in [0.717, 1.165) is 0 Å². The van der Waals surface area contributed by atoms with E-state index in [-0.39, 0.29) is 50.9 Å². The largest absolute Gasteiger partial charge is 0.490 e. The highest BCUT2D eigenvalue weighted by atomic mass is 35.5. The molecule has 1 aliphatic rings. The van der Waals surface area contributed by atoms with Crippen molar-refractivity contribution < 1.29 is 28.9 Å². The Bertz CT molecular complexity index is 1500. The number of nitro benzene ring substituents is 2. The average Bonchev–Trinajstić information content (AvgIpc) is 3.23. The van der Waals surface area contributed by atoms with Gasteiger partial charge in [-0.05, 0) is 54.5 Å². The molecule has 1 aliphatic heterocycles. The van der Waals surface area contributed by atoms with Crippen molar-refractivity contribution in [3.63, 3.8) is 0 Å². The zero-order chi connectivity index (χ0) is 27.4. The van der Waals surface area contributed by atoms with Crippen molar-refractivity contribution in [2.45, 2.75) is 13.5 Å². The van der Waals surface area contributed by atoms with Gasteiger partial charge in [-0.3, -0.25) is 20.2 Å². The van der Waals surface area contributed by atoms with Gasteiger partial charge in [0, 0.05) is 24.3 Å². The van der Waals surface area contributed by atoms with Gasteiger partial charge >= 0.3 is 5.97 Å². The van der Waals surface area contributed by atoms with Crippen LogP contribution in [0.15, 0.2) is 65.3 Å². The molecule has 38 heavy (non-hydrogen) atoms. The SMILES string of the molecule is CCOc1cc(/C=C2\N=C(c3cc([N+](=O)[O-])ccc3Cl)OC2=O)cc(Cl)c1OCc1ccc([N+](=O)[O-])cc1. The lowest BCUT2D eigenvalue weighted by molar-refractivity contribution is -0.385. The van der Waals surface area contributed by atoms with Crippen LogP contribution in [0.25, 0.3) is 6.08 Å². The Kier molecular flexibility index (Phi) is 7.89. The number of nitrogens with zero attached hydrogens (tertiary/aromatic N) is 3. The smallest absolute Gasteiger partial charge is 0.363 e. The van der Waals surface area contributed by atoms with E-state index in [9.17, 15) is 25.0 Å². The van der Waals surface area contributed by atoms with Crippen molar-refractivity contribution in [3.05, 3.63) is 107 Å². The number of ether oxygens (including phenoxy) is 3. The topological polar surface area (TPSA) is 143 Å². The van der Waals surface area contributed by atoms with Crippen LogP contribution in [-0.4, -0.2) is 28.3 Å². The predicted molar refractivity (Wildman–Crippen MR) is 139 cm³/mol. The van der Waals surface area contributed by atoms with Crippen molar-refractivity contribution in [3.8, 4) is 11.5 Å². The Morgan fingerprint density at radius 2 is 1.63 bits per heavy atom. The number of hydrogen-bond donors (Lipinski definition) is 0. The number of benzene rings is 3. The monoisotopic (exact) mass is 557 g/mol. The summed E-state index contributed by atoms with van der Waals surface area (Å²) < 4.78 is 16.7. The average molecular weight is 558 g/mol. The lowest BCUT2D eigenvalue weighted by atomic mass is 10.1. The van der Waals surface area contributed by atoms with Gasteiger partial charge in [-0.1, -0.05) is 23.2 Å². The van der Waals surface area contributed by atoms with E-state index >= 15 is 0 Å². The Morgan fingerprint density at radius 1 is 0.947 bits per heavy atom. The summed E-state index contributed by atoms with van der Waals surface area (Å²) in [5.41, 5.74) is 0.862. The number of cyclic esters (lactones) is 1. The molecule has 0 bridgehead atoms. The standard InChI is InChI=1S/C25H17Cl2N3O8/c1-2-36-22-11-15(9-20(27)23(22)37-13-14-3-5-16(6-4-14)29(32)33)10-21-25(31)38-24(28-21)18-12-17(30(34)35)7-8-19(18)26/h3-12H,2,13H2,1H3/b21-10-. The van der Waals surface area contributed by atoms with E-state index in [0.29, 0.717) is 23.5 Å². The summed E-state index contributed by atoms with van der Waals surface area (Å²) in [6.07, 6.45) is 1.41. The van der Waals surface area contributed by atoms with Gasteiger partial charge < -0.3 is 14.2 Å². The highest BCUT2D eigenvalue weighted by Crippen LogP contribution is 2.38. The number of halogens is 2. The number of rotatable bonds is 9. The highest BCUT2D eigenvalue weighted by molar-refractivity contribution is 6.34. The number of aliphatic imine (C=N–C) groups is 1. The van der Waals surface area contributed by atoms with Crippen LogP contribution >= 0.6 is 23.2 Å². The summed E-state index contributed by atoms with van der Waals surface area (Å²) in [6.45, 7) is 2.13. The van der Waals surface area contributed by atoms with Gasteiger partial charge in [-0.2, -0.15) is 0 Å². The summed E-state index contributed by atoms with van der Waals surface area (Å²) in [5, 5.41) is 22.3. The minimum Gasteiger partial charge on any atom is -0.490 e. The second kappa shape index (κ2) is 11.3. The molecule has 3 aromatic carbocycles. The number of esters is 1. The van der Waals surface area contributed by atoms with Gasteiger partial charge in [-0.15, -0.1) is 0 Å². The van der Waals surface area contributed by atoms with Crippen LogP contribution in [0.4, 0.5) is 11.4 Å². The predicted octanol–water partition coefficient (Wildman–Crippen LogP) is 6.13. The summed E-state index contributed by atoms with van der Waals surface area (Å²) in [6, 6.07) is 12.7. The van der Waals surface area contributed by atoms with Gasteiger partial charge in [0.1, 0.15) is 6.61 Å². The maximum absolute atomic E-state index is 12.5. The third kappa shape index (κ3) is 5.90. The molecule has 0 amide bonds. The van der Waals surface area contributed by atoms with E-state index in [1.807, 2.05) is 0 Å². The molecule has 0 unspecified atom stereocenters. The normalized spacial score (nSPS) is 13.7. The fourth-order valence-electron chi connectivity index (χ4n) is 3.42. The Morgan fingerprint density at radius 3 is 2.29 bits per heavy atom. The van der Waals surface area contributed by atoms with Crippen LogP contribution < -0.4 is 9.47 Å². The summed E-state index contributed by atoms with van der Waals surface area (Å²) in [5.74, 6) is -0.411. The lowest BCUT2D eigenvalue weighted by Gasteiger charge is -2.14. The van der Waals surface area contributed by atoms with E-state index in [1.165, 1.54) is 42.5 Å². The quantitative estimate of drug-likeness (QED) is 0.132. The van der Waals surface area contributed by atoms with Gasteiger partial charge in [-0.25, -0.2) is 9.79 Å². The first kappa shape index (κ1) is 26.6. The zero-order valence-corrected chi connectivity index (χ0v) is 21.1. The second-order valence-electron chi connectivity index (χ2n) is 7.73. The second-order valence-corrected chi connectivity index (χ2v) is 8.55. The molecule has 0 aliphatic carbocycles. The van der Waals surface area contributed by atoms with E-state index in [2.05, 4.69) is 4.99 Å². The van der Waals surface area contributed by atoms with Crippen LogP contribution in [0.2, 0.25) is 10.0 Å². The number of nitro groups is 2. The van der Waals surface area contributed by atoms with Crippen LogP contribution in [-0.2, 0) is 16.1 Å². The van der Waals surface area contributed by atoms with Crippen LogP contribution in [0.3, 0.4) is 0 Å². The first-order chi connectivity index (χ1) is 18.2. The molecule has 1 heterocycles. The fourth-order valence-corrected chi connectivity index (χ4v) is 3.89. The van der Waals surface area contributed by atoms with Crippen LogP contribution in [0.5, 0.6) is 11.5 Å². The van der Waals surface area contributed by atoms with E-state index in [1.54, 1.807) is 25.1 Å². The fraction of sp³-hybridized carbons (Fsp3) is 0.120. The molecule has 0 aromatic heterocycles. The van der Waals surface area contributed by atoms with Crippen molar-refractivity contribution in [2.24, 2.45) is 4.99 Å². The molecule has 0 saturated carbocycles. The minimum atomic E-state index is -0.782. The Hall–Kier alpha value is -4.48. The molecule has 0 spiro atoms. The molecule has 0 fully saturated rings. The minimum absolute atomic E-state index is 0.0387. The van der Waals surface area contributed by atoms with E-state index < -0.39 is 15.8 Å². The Balaban J connectivity index is 1.61. The summed E-state index contributed by atoms with van der Waals surface area (Å²) in [4.78, 5) is 37.5. The van der Waals surface area contributed by atoms with Crippen LogP contribution in [0, 0.1) is 20.2 Å². The maximum atomic E-state index is 12.5.